The van der Waals surface area contributed by atoms with Crippen molar-refractivity contribution in [2.24, 2.45) is 5.92 Å². The smallest absolute Gasteiger partial charge is 0.435 e. The number of alkyl carbamates (subject to hydrolysis) is 1. The molecule has 1 heterocycles. The van der Waals surface area contributed by atoms with Crippen molar-refractivity contribution in [3.63, 3.8) is 0 Å². The minimum absolute atomic E-state index is 0.0141. The highest BCUT2D eigenvalue weighted by molar-refractivity contribution is 7.90. The molecule has 5 rings (SSSR count). The van der Waals surface area contributed by atoms with E-state index in [4.69, 9.17) is 4.74 Å². The molecule has 0 aliphatic heterocycles. The summed E-state index contributed by atoms with van der Waals surface area (Å²) in [6, 6.07) is 23.1. The number of hydrogen-bond acceptors (Lipinski definition) is 7. The Morgan fingerprint density at radius 2 is 1.65 bits per heavy atom. The molecule has 14 heteroatoms. The molecule has 3 aromatic carbocycles. The molecule has 1 unspecified atom stereocenters. The van der Waals surface area contributed by atoms with Crippen molar-refractivity contribution in [2.45, 2.75) is 95.8 Å². The first-order valence-electron chi connectivity index (χ1n) is 17.6. The van der Waals surface area contributed by atoms with Crippen molar-refractivity contribution in [2.75, 3.05) is 5.32 Å². The first kappa shape index (κ1) is 40.3. The van der Waals surface area contributed by atoms with Crippen LogP contribution in [0.15, 0.2) is 78.9 Å². The summed E-state index contributed by atoms with van der Waals surface area (Å²) >= 11 is -1.55. The Bertz CT molecular complexity index is 2010. The van der Waals surface area contributed by atoms with Gasteiger partial charge in [-0.1, -0.05) is 49.2 Å². The molecule has 1 aliphatic rings. The molecule has 1 saturated carbocycles. The van der Waals surface area contributed by atoms with E-state index in [0.29, 0.717) is 40.8 Å². The van der Waals surface area contributed by atoms with Gasteiger partial charge in [0.15, 0.2) is 5.69 Å². The van der Waals surface area contributed by atoms with Gasteiger partial charge in [-0.2, -0.15) is 23.5 Å². The zero-order valence-electron chi connectivity index (χ0n) is 31.1. The van der Waals surface area contributed by atoms with Crippen molar-refractivity contribution < 1.29 is 32.0 Å². The number of hydrogen-bond donors (Lipinski definition) is 3. The Morgan fingerprint density at radius 1 is 0.963 bits per heavy atom. The summed E-state index contributed by atoms with van der Waals surface area (Å²) in [5.41, 5.74) is -0.441. The number of ether oxygens (including phenoxy) is 1. The fourth-order valence-corrected chi connectivity index (χ4v) is 6.77. The molecular weight excluding hydrogens is 718 g/mol. The highest BCUT2D eigenvalue weighted by Crippen LogP contribution is 2.43. The van der Waals surface area contributed by atoms with Crippen LogP contribution < -0.4 is 15.4 Å². The summed E-state index contributed by atoms with van der Waals surface area (Å²) < 4.78 is 64.8. The third-order valence-electron chi connectivity index (χ3n) is 8.79. The van der Waals surface area contributed by atoms with E-state index in [1.54, 1.807) is 63.2 Å². The minimum atomic E-state index is -4.84. The Hall–Kier alpha value is -4.84. The van der Waals surface area contributed by atoms with Gasteiger partial charge >= 0.3 is 12.3 Å². The molecule has 1 fully saturated rings. The molecule has 0 radical (unpaired) electrons. The van der Waals surface area contributed by atoms with Gasteiger partial charge < -0.3 is 19.9 Å². The first-order valence-corrected chi connectivity index (χ1v) is 18.8. The number of carbonyl (C=O) groups excluding carboxylic acids is 2. The predicted octanol–water partition coefficient (Wildman–Crippen LogP) is 8.53. The van der Waals surface area contributed by atoms with Crippen molar-refractivity contribution in [3.05, 3.63) is 113 Å². The monoisotopic (exact) mass is 762 g/mol. The van der Waals surface area contributed by atoms with Crippen LogP contribution in [0.3, 0.4) is 0 Å². The second-order valence-electron chi connectivity index (χ2n) is 15.4. The average Bonchev–Trinajstić information content (AvgIpc) is 3.81. The van der Waals surface area contributed by atoms with Gasteiger partial charge in [-0.25, -0.2) is 9.48 Å². The molecule has 1 aromatic heterocycles. The van der Waals surface area contributed by atoms with Crippen LogP contribution in [0.25, 0.3) is 5.69 Å². The van der Waals surface area contributed by atoms with Gasteiger partial charge in [0.25, 0.3) is 5.91 Å². The summed E-state index contributed by atoms with van der Waals surface area (Å²) in [6.45, 7) is 10.8. The highest BCUT2D eigenvalue weighted by Gasteiger charge is 2.43. The summed E-state index contributed by atoms with van der Waals surface area (Å²) in [5, 5.41) is 18.6. The van der Waals surface area contributed by atoms with Gasteiger partial charge in [-0.05, 0) is 113 Å². The molecular formula is C40H45F3N6O4S. The Morgan fingerprint density at radius 3 is 2.26 bits per heavy atom. The van der Waals surface area contributed by atoms with E-state index in [9.17, 15) is 32.6 Å². The lowest BCUT2D eigenvalue weighted by molar-refractivity contribution is -0.141. The zero-order chi connectivity index (χ0) is 39.5. The van der Waals surface area contributed by atoms with Crippen LogP contribution in [-0.2, 0) is 34.4 Å². The van der Waals surface area contributed by atoms with Crippen LogP contribution in [0.5, 0.6) is 0 Å². The quantitative estimate of drug-likeness (QED) is 0.123. The van der Waals surface area contributed by atoms with E-state index in [1.165, 1.54) is 12.1 Å². The fourth-order valence-electron chi connectivity index (χ4n) is 5.81. The molecule has 2 amide bonds. The Kier molecular flexibility index (Phi) is 11.9. The number of benzene rings is 3. The molecule has 3 N–H and O–H groups in total. The summed E-state index contributed by atoms with van der Waals surface area (Å²) in [6.07, 6.45) is -1.92. The van der Waals surface area contributed by atoms with Gasteiger partial charge in [-0.3, -0.25) is 4.79 Å². The number of amides is 2. The lowest BCUT2D eigenvalue weighted by Crippen LogP contribution is -2.52. The number of nitrogens with one attached hydrogen (secondary N) is 3. The summed E-state index contributed by atoms with van der Waals surface area (Å²) in [5.74, 6) is -0.328. The summed E-state index contributed by atoms with van der Waals surface area (Å²) in [4.78, 5) is 26.1. The second kappa shape index (κ2) is 15.9. The standard InChI is InChI=1S/C40H45F3N6O4S/c1-37(2,3)53-36(51)45-25-28-9-7-12-32(21-28)49-33(23-34(47-49)40(41,42)43)35(50)46-31-11-8-10-30(22-31)39(20-19-26-13-14-26,48-54(52)38(4,5)6)29-17-15-27(24-44)16-18-29/h7-12,15-18,21-23,26,48H,13-14,19-20,25H2,1-6H3,(H,45,51)(H,46,50)/t39?,54-/m1/s1. The molecule has 2 atom stereocenters. The average molecular weight is 763 g/mol. The lowest BCUT2D eigenvalue weighted by Gasteiger charge is -2.39. The zero-order valence-corrected chi connectivity index (χ0v) is 32.0. The number of nitriles is 1. The van der Waals surface area contributed by atoms with Crippen LogP contribution in [0.2, 0.25) is 0 Å². The van der Waals surface area contributed by atoms with E-state index >= 15 is 0 Å². The second-order valence-corrected chi connectivity index (χ2v) is 17.4. The third kappa shape index (κ3) is 10.2. The van der Waals surface area contributed by atoms with E-state index in [2.05, 4.69) is 26.5 Å². The number of nitrogens with zero attached hydrogens (tertiary/aromatic N) is 3. The fraction of sp³-hybridized carbons (Fsp3) is 0.400. The topological polar surface area (TPSA) is 144 Å². The van der Waals surface area contributed by atoms with Crippen LogP contribution in [0.4, 0.5) is 23.7 Å². The van der Waals surface area contributed by atoms with Crippen molar-refractivity contribution in [1.82, 2.24) is 19.8 Å². The maximum atomic E-state index is 14.0. The van der Waals surface area contributed by atoms with Gasteiger partial charge in [0, 0.05) is 29.7 Å². The molecule has 0 saturated heterocycles. The number of alkyl halides is 3. The van der Waals surface area contributed by atoms with Crippen LogP contribution in [-0.4, -0.2) is 36.7 Å². The van der Waals surface area contributed by atoms with Crippen molar-refractivity contribution in [3.8, 4) is 11.8 Å². The molecule has 1 aliphatic carbocycles. The van der Waals surface area contributed by atoms with Crippen LogP contribution in [0, 0.1) is 17.2 Å². The van der Waals surface area contributed by atoms with Gasteiger partial charge in [-0.15, -0.1) is 4.72 Å². The predicted molar refractivity (Wildman–Crippen MR) is 201 cm³/mol. The van der Waals surface area contributed by atoms with Crippen LogP contribution >= 0.6 is 0 Å². The first-order chi connectivity index (χ1) is 25.3. The maximum absolute atomic E-state index is 14.0. The van der Waals surface area contributed by atoms with Crippen molar-refractivity contribution >= 4 is 29.0 Å². The van der Waals surface area contributed by atoms with Gasteiger partial charge in [0.05, 0.1) is 17.3 Å². The minimum Gasteiger partial charge on any atom is -0.598 e. The molecule has 0 bridgehead atoms. The Balaban J connectivity index is 1.51. The molecule has 0 spiro atoms. The molecule has 4 aromatic rings. The number of carbonyl (C=O) groups is 2. The van der Waals surface area contributed by atoms with Crippen molar-refractivity contribution in [1.29, 1.82) is 5.26 Å². The van der Waals surface area contributed by atoms with Gasteiger partial charge in [0.1, 0.15) is 21.6 Å². The highest BCUT2D eigenvalue weighted by atomic mass is 32.2. The largest absolute Gasteiger partial charge is 0.598 e. The van der Waals surface area contributed by atoms with E-state index in [0.717, 1.165) is 29.5 Å². The maximum Gasteiger partial charge on any atom is 0.435 e. The molecule has 286 valence electrons. The molecule has 54 heavy (non-hydrogen) atoms. The SMILES string of the molecule is CC(C)(C)OC(=O)NCc1cccc(-n2nc(C(F)(F)F)cc2C(=O)Nc2cccc(C(CCC3CC3)(N[S@+]([O-])C(C)(C)C)c3ccc(C#N)cc3)c2)c1. The normalized spacial score (nSPS) is 15.1. The van der Waals surface area contributed by atoms with E-state index < -0.39 is 51.1 Å². The Labute approximate surface area is 316 Å². The number of rotatable bonds is 12. The van der Waals surface area contributed by atoms with E-state index in [1.807, 2.05) is 39.0 Å². The van der Waals surface area contributed by atoms with Crippen LogP contribution in [0.1, 0.15) is 106 Å². The summed E-state index contributed by atoms with van der Waals surface area (Å²) in [7, 11) is 0. The van der Waals surface area contributed by atoms with E-state index in [-0.39, 0.29) is 17.9 Å². The lowest BCUT2D eigenvalue weighted by atomic mass is 9.79. The third-order valence-corrected chi connectivity index (χ3v) is 10.4. The van der Waals surface area contributed by atoms with Gasteiger partial charge in [0.2, 0.25) is 0 Å². The molecule has 10 nitrogen and oxygen atoms in total. The number of halogens is 3. The number of anilines is 1. The number of aromatic nitrogens is 2.